The van der Waals surface area contributed by atoms with Crippen LogP contribution in [-0.2, 0) is 0 Å². The number of nitrogens with two attached hydrogens (primary N) is 2. The largest absolute Gasteiger partial charge is 0.383 e. The maximum Gasteiger partial charge on any atom is 0.256 e. The fraction of sp³-hybridized carbons (Fsp3) is 0.190. The molecule has 9 nitrogen and oxygen atoms in total. The molecule has 3 heterocycles. The van der Waals surface area contributed by atoms with Gasteiger partial charge in [-0.15, -0.1) is 0 Å². The summed E-state index contributed by atoms with van der Waals surface area (Å²) in [6.07, 6.45) is 4.78. The van der Waals surface area contributed by atoms with Crippen molar-refractivity contribution < 1.29 is 4.79 Å². The highest BCUT2D eigenvalue weighted by Gasteiger charge is 2.31. The summed E-state index contributed by atoms with van der Waals surface area (Å²) in [6.45, 7) is 0. The summed E-state index contributed by atoms with van der Waals surface area (Å²) < 4.78 is 1.90. The Morgan fingerprint density at radius 3 is 2.57 bits per heavy atom. The van der Waals surface area contributed by atoms with Gasteiger partial charge in [-0.3, -0.25) is 4.79 Å². The molecule has 0 bridgehead atoms. The number of carbonyl (C=O) groups is 1. The molecule has 1 saturated carbocycles. The molecule has 5 rings (SSSR count). The second-order valence-electron chi connectivity index (χ2n) is 7.38. The van der Waals surface area contributed by atoms with Gasteiger partial charge in [0.15, 0.2) is 5.65 Å². The fourth-order valence-electron chi connectivity index (χ4n) is 3.69. The molecular formula is C21H20N8O. The number of carbonyl (C=O) groups excluding carboxylic acids is 1. The Hall–Kier alpha value is -3.85. The summed E-state index contributed by atoms with van der Waals surface area (Å²) in [5.41, 5.74) is 14.9. The van der Waals surface area contributed by atoms with Crippen molar-refractivity contribution in [2.24, 2.45) is 5.73 Å². The van der Waals surface area contributed by atoms with Crippen molar-refractivity contribution in [2.45, 2.75) is 24.9 Å². The molecule has 1 aliphatic rings. The highest BCUT2D eigenvalue weighted by atomic mass is 16.1. The van der Waals surface area contributed by atoms with Crippen LogP contribution < -0.4 is 16.8 Å². The molecule has 1 aromatic carbocycles. The van der Waals surface area contributed by atoms with Crippen molar-refractivity contribution in [3.63, 3.8) is 0 Å². The number of amides is 1. The first-order valence-corrected chi connectivity index (χ1v) is 9.67. The standard InChI is InChI=1S/C21H20N8O/c22-14-9-15(10-14)29-20-17(19(23)25-11-26-20)18(28-29)12-4-6-13(7-5-12)21(30)27-16-3-1-2-8-24-16/h1-8,11,14-15H,9-10,22H2,(H2,23,25,26)(H,24,27,30). The molecule has 0 unspecified atom stereocenters. The van der Waals surface area contributed by atoms with E-state index in [9.17, 15) is 4.79 Å². The van der Waals surface area contributed by atoms with E-state index in [1.807, 2.05) is 22.9 Å². The van der Waals surface area contributed by atoms with Gasteiger partial charge in [-0.1, -0.05) is 18.2 Å². The molecule has 9 heteroatoms. The van der Waals surface area contributed by atoms with Gasteiger partial charge in [0.2, 0.25) is 0 Å². The maximum absolute atomic E-state index is 12.5. The summed E-state index contributed by atoms with van der Waals surface area (Å²) in [5.74, 6) is 0.642. The van der Waals surface area contributed by atoms with Crippen LogP contribution in [0.5, 0.6) is 0 Å². The number of aromatic nitrogens is 5. The van der Waals surface area contributed by atoms with Gasteiger partial charge in [0.1, 0.15) is 23.7 Å². The minimum absolute atomic E-state index is 0.189. The van der Waals surface area contributed by atoms with E-state index in [0.717, 1.165) is 18.4 Å². The Morgan fingerprint density at radius 1 is 1.07 bits per heavy atom. The smallest absolute Gasteiger partial charge is 0.256 e. The molecule has 0 aliphatic heterocycles. The summed E-state index contributed by atoms with van der Waals surface area (Å²) >= 11 is 0. The molecule has 1 fully saturated rings. The number of nitrogens with zero attached hydrogens (tertiary/aromatic N) is 5. The number of hydrogen-bond donors (Lipinski definition) is 3. The molecular weight excluding hydrogens is 380 g/mol. The van der Waals surface area contributed by atoms with Gasteiger partial charge < -0.3 is 16.8 Å². The summed E-state index contributed by atoms with van der Waals surface area (Å²) in [6, 6.07) is 12.9. The Kier molecular flexibility index (Phi) is 4.36. The normalized spacial score (nSPS) is 18.2. The van der Waals surface area contributed by atoms with Gasteiger partial charge in [-0.05, 0) is 37.1 Å². The number of hydrogen-bond acceptors (Lipinski definition) is 7. The highest BCUT2D eigenvalue weighted by molar-refractivity contribution is 6.04. The van der Waals surface area contributed by atoms with E-state index < -0.39 is 0 Å². The minimum Gasteiger partial charge on any atom is -0.383 e. The van der Waals surface area contributed by atoms with Crippen LogP contribution in [0.2, 0.25) is 0 Å². The van der Waals surface area contributed by atoms with E-state index in [2.05, 4.69) is 20.3 Å². The number of benzene rings is 1. The third kappa shape index (κ3) is 3.15. The van der Waals surface area contributed by atoms with Crippen molar-refractivity contribution in [1.82, 2.24) is 24.7 Å². The maximum atomic E-state index is 12.5. The zero-order valence-electron chi connectivity index (χ0n) is 16.1. The van der Waals surface area contributed by atoms with E-state index in [0.29, 0.717) is 33.9 Å². The first-order chi connectivity index (χ1) is 14.6. The van der Waals surface area contributed by atoms with Gasteiger partial charge in [0.05, 0.1) is 11.4 Å². The van der Waals surface area contributed by atoms with Crippen LogP contribution >= 0.6 is 0 Å². The topological polar surface area (TPSA) is 138 Å². The van der Waals surface area contributed by atoms with Crippen LogP contribution in [0.4, 0.5) is 11.6 Å². The van der Waals surface area contributed by atoms with Crippen molar-refractivity contribution in [2.75, 3.05) is 11.1 Å². The van der Waals surface area contributed by atoms with Gasteiger partial charge in [-0.25, -0.2) is 19.6 Å². The molecule has 0 spiro atoms. The zero-order chi connectivity index (χ0) is 20.7. The minimum atomic E-state index is -0.234. The SMILES string of the molecule is Nc1ncnc2c1c(-c1ccc(C(=O)Nc3ccccn3)cc1)nn2C1CC(N)C1. The van der Waals surface area contributed by atoms with Crippen LogP contribution in [0.3, 0.4) is 0 Å². The van der Waals surface area contributed by atoms with Crippen LogP contribution in [-0.4, -0.2) is 36.7 Å². The average molecular weight is 400 g/mol. The molecule has 4 aromatic rings. The number of nitrogens with one attached hydrogen (secondary N) is 1. The average Bonchev–Trinajstić information content (AvgIpc) is 3.13. The molecule has 5 N–H and O–H groups in total. The van der Waals surface area contributed by atoms with Crippen molar-refractivity contribution in [3.8, 4) is 11.3 Å². The highest BCUT2D eigenvalue weighted by Crippen LogP contribution is 2.37. The van der Waals surface area contributed by atoms with Gasteiger partial charge in [-0.2, -0.15) is 5.10 Å². The van der Waals surface area contributed by atoms with Crippen LogP contribution in [0, 0.1) is 0 Å². The lowest BCUT2D eigenvalue weighted by atomic mass is 9.88. The lowest BCUT2D eigenvalue weighted by molar-refractivity contribution is 0.102. The Labute approximate surface area is 172 Å². The molecule has 0 radical (unpaired) electrons. The van der Waals surface area contributed by atoms with E-state index in [1.54, 1.807) is 30.5 Å². The molecule has 1 amide bonds. The number of nitrogen functional groups attached to an aromatic ring is 1. The summed E-state index contributed by atoms with van der Waals surface area (Å²) in [7, 11) is 0. The molecule has 3 aromatic heterocycles. The van der Waals surface area contributed by atoms with Gasteiger partial charge in [0, 0.05) is 23.4 Å². The number of rotatable bonds is 4. The lowest BCUT2D eigenvalue weighted by Gasteiger charge is -2.32. The predicted octanol–water partition coefficient (Wildman–Crippen LogP) is 2.38. The van der Waals surface area contributed by atoms with Crippen LogP contribution in [0.1, 0.15) is 29.2 Å². The number of anilines is 2. The molecule has 0 atom stereocenters. The fourth-order valence-corrected chi connectivity index (χ4v) is 3.69. The van der Waals surface area contributed by atoms with Gasteiger partial charge >= 0.3 is 0 Å². The van der Waals surface area contributed by atoms with E-state index in [1.165, 1.54) is 6.33 Å². The molecule has 1 aliphatic carbocycles. The van der Waals surface area contributed by atoms with Crippen molar-refractivity contribution in [3.05, 3.63) is 60.6 Å². The second kappa shape index (κ2) is 7.20. The van der Waals surface area contributed by atoms with Crippen molar-refractivity contribution in [1.29, 1.82) is 0 Å². The second-order valence-corrected chi connectivity index (χ2v) is 7.38. The molecule has 0 saturated heterocycles. The van der Waals surface area contributed by atoms with Crippen molar-refractivity contribution >= 4 is 28.6 Å². The molecule has 150 valence electrons. The third-order valence-electron chi connectivity index (χ3n) is 5.34. The third-order valence-corrected chi connectivity index (χ3v) is 5.34. The molecule has 30 heavy (non-hydrogen) atoms. The van der Waals surface area contributed by atoms with Crippen LogP contribution in [0.15, 0.2) is 55.0 Å². The Balaban J connectivity index is 1.48. The first-order valence-electron chi connectivity index (χ1n) is 9.67. The quantitative estimate of drug-likeness (QED) is 0.478. The first kappa shape index (κ1) is 18.2. The summed E-state index contributed by atoms with van der Waals surface area (Å²) in [4.78, 5) is 25.1. The van der Waals surface area contributed by atoms with E-state index >= 15 is 0 Å². The lowest BCUT2D eigenvalue weighted by Crippen LogP contribution is -2.38. The Morgan fingerprint density at radius 2 is 1.87 bits per heavy atom. The van der Waals surface area contributed by atoms with E-state index in [-0.39, 0.29) is 18.0 Å². The monoisotopic (exact) mass is 400 g/mol. The summed E-state index contributed by atoms with van der Waals surface area (Å²) in [5, 5.41) is 8.27. The van der Waals surface area contributed by atoms with E-state index in [4.69, 9.17) is 16.6 Å². The number of pyridine rings is 1. The predicted molar refractivity (Wildman–Crippen MR) is 114 cm³/mol. The van der Waals surface area contributed by atoms with Gasteiger partial charge in [0.25, 0.3) is 5.91 Å². The van der Waals surface area contributed by atoms with Crippen LogP contribution in [0.25, 0.3) is 22.3 Å². The zero-order valence-corrected chi connectivity index (χ0v) is 16.1. The number of fused-ring (bicyclic) bond motifs is 1. The Bertz CT molecular complexity index is 1210.